The van der Waals surface area contributed by atoms with Gasteiger partial charge in [0.1, 0.15) is 0 Å². The minimum absolute atomic E-state index is 0.0137. The molecule has 0 spiro atoms. The lowest BCUT2D eigenvalue weighted by Gasteiger charge is -2.21. The fourth-order valence-corrected chi connectivity index (χ4v) is 5.08. The van der Waals surface area contributed by atoms with Crippen LogP contribution in [0, 0.1) is 0 Å². The molecular formula is C33H38. The van der Waals surface area contributed by atoms with Crippen molar-refractivity contribution in [3.8, 4) is 11.1 Å². The Kier molecular flexibility index (Phi) is 7.59. The van der Waals surface area contributed by atoms with Crippen molar-refractivity contribution in [2.75, 3.05) is 0 Å². The Labute approximate surface area is 200 Å². The van der Waals surface area contributed by atoms with Crippen LogP contribution in [0.4, 0.5) is 0 Å². The first-order valence-electron chi connectivity index (χ1n) is 12.6. The van der Waals surface area contributed by atoms with E-state index < -0.39 is 0 Å². The molecule has 0 heteroatoms. The number of hydrogen-bond donors (Lipinski definition) is 0. The van der Waals surface area contributed by atoms with E-state index in [1.807, 2.05) is 41.5 Å². The molecule has 5 aromatic rings. The molecular weight excluding hydrogens is 396 g/mol. The van der Waals surface area contributed by atoms with Gasteiger partial charge in [-0.15, -0.1) is 0 Å². The van der Waals surface area contributed by atoms with Gasteiger partial charge >= 0.3 is 0 Å². The fraction of sp³-hybridized carbons (Fsp3) is 0.273. The molecule has 0 heterocycles. The standard InChI is InChI=1S/C27H20.3C2H6/c1-27(2)22-15-13-18-8-4-6-10-21(18)25(22)26-23(27)16-14-19-12-11-17-7-3-5-9-20(17)24(19)26;3*1-2/h3-16H,1-2H3;3*1-2H3. The molecule has 6 rings (SSSR count). The van der Waals surface area contributed by atoms with Gasteiger partial charge in [0, 0.05) is 5.41 Å². The third kappa shape index (κ3) is 3.82. The monoisotopic (exact) mass is 434 g/mol. The number of rotatable bonds is 0. The highest BCUT2D eigenvalue weighted by molar-refractivity contribution is 6.19. The van der Waals surface area contributed by atoms with Crippen molar-refractivity contribution in [2.45, 2.75) is 60.8 Å². The summed E-state index contributed by atoms with van der Waals surface area (Å²) >= 11 is 0. The molecule has 0 aromatic heterocycles. The molecule has 0 aliphatic heterocycles. The Morgan fingerprint density at radius 2 is 0.848 bits per heavy atom. The quantitative estimate of drug-likeness (QED) is 0.213. The van der Waals surface area contributed by atoms with E-state index in [4.69, 9.17) is 0 Å². The second-order valence-electron chi connectivity index (χ2n) is 8.21. The molecule has 0 saturated carbocycles. The molecule has 0 amide bonds. The molecule has 0 radical (unpaired) electrons. The van der Waals surface area contributed by atoms with E-state index in [1.165, 1.54) is 54.6 Å². The van der Waals surface area contributed by atoms with E-state index in [9.17, 15) is 0 Å². The summed E-state index contributed by atoms with van der Waals surface area (Å²) in [5.41, 5.74) is 5.75. The lowest BCUT2D eigenvalue weighted by atomic mass is 9.81. The summed E-state index contributed by atoms with van der Waals surface area (Å²) in [5, 5.41) is 8.06. The highest BCUT2D eigenvalue weighted by atomic mass is 14.4. The molecule has 0 fully saturated rings. The van der Waals surface area contributed by atoms with Crippen LogP contribution in [0.1, 0.15) is 66.5 Å². The smallest absolute Gasteiger partial charge is 0.0159 e. The van der Waals surface area contributed by atoms with E-state index in [0.29, 0.717) is 0 Å². The molecule has 33 heavy (non-hydrogen) atoms. The largest absolute Gasteiger partial charge is 0.0683 e. The van der Waals surface area contributed by atoms with Gasteiger partial charge in [-0.05, 0) is 54.6 Å². The maximum Gasteiger partial charge on any atom is 0.0159 e. The van der Waals surface area contributed by atoms with Crippen LogP contribution in [0.2, 0.25) is 0 Å². The Bertz CT molecular complexity index is 1390. The summed E-state index contributed by atoms with van der Waals surface area (Å²) in [6.45, 7) is 16.7. The second kappa shape index (κ2) is 10.2. The van der Waals surface area contributed by atoms with E-state index in [-0.39, 0.29) is 5.41 Å². The van der Waals surface area contributed by atoms with Crippen LogP contribution in [-0.4, -0.2) is 0 Å². The molecule has 0 atom stereocenters. The first-order chi connectivity index (χ1) is 16.2. The predicted molar refractivity (Wildman–Crippen MR) is 151 cm³/mol. The zero-order valence-corrected chi connectivity index (χ0v) is 21.6. The third-order valence-electron chi connectivity index (χ3n) is 6.44. The van der Waals surface area contributed by atoms with Crippen molar-refractivity contribution in [2.24, 2.45) is 0 Å². The van der Waals surface area contributed by atoms with E-state index >= 15 is 0 Å². The van der Waals surface area contributed by atoms with Gasteiger partial charge in [0.05, 0.1) is 0 Å². The zero-order valence-electron chi connectivity index (χ0n) is 21.6. The minimum atomic E-state index is 0.0137. The van der Waals surface area contributed by atoms with Crippen LogP contribution in [0.3, 0.4) is 0 Å². The Hall–Kier alpha value is -3.12. The van der Waals surface area contributed by atoms with E-state index in [2.05, 4.69) is 98.8 Å². The van der Waals surface area contributed by atoms with Gasteiger partial charge in [-0.1, -0.05) is 140 Å². The van der Waals surface area contributed by atoms with E-state index in [1.54, 1.807) is 0 Å². The molecule has 1 aliphatic carbocycles. The molecule has 0 unspecified atom stereocenters. The third-order valence-corrected chi connectivity index (χ3v) is 6.44. The van der Waals surface area contributed by atoms with Crippen LogP contribution in [0.15, 0.2) is 84.9 Å². The highest BCUT2D eigenvalue weighted by Gasteiger charge is 2.37. The average molecular weight is 435 g/mol. The van der Waals surface area contributed by atoms with Crippen molar-refractivity contribution in [1.82, 2.24) is 0 Å². The van der Waals surface area contributed by atoms with Crippen LogP contribution >= 0.6 is 0 Å². The number of benzene rings is 5. The minimum Gasteiger partial charge on any atom is -0.0683 e. The van der Waals surface area contributed by atoms with E-state index in [0.717, 1.165) is 0 Å². The van der Waals surface area contributed by atoms with Gasteiger partial charge in [0.25, 0.3) is 0 Å². The Morgan fingerprint density at radius 3 is 1.48 bits per heavy atom. The summed E-state index contributed by atoms with van der Waals surface area (Å²) < 4.78 is 0. The summed E-state index contributed by atoms with van der Waals surface area (Å²) in [6, 6.07) is 31.4. The molecule has 0 N–H and O–H groups in total. The van der Waals surface area contributed by atoms with Crippen molar-refractivity contribution in [1.29, 1.82) is 0 Å². The Balaban J connectivity index is 0.000000475. The predicted octanol–water partition coefficient (Wildman–Crippen LogP) is 10.5. The highest BCUT2D eigenvalue weighted by Crippen LogP contribution is 2.54. The number of fused-ring (bicyclic) bond motifs is 9. The molecule has 5 aromatic carbocycles. The lowest BCUT2D eigenvalue weighted by molar-refractivity contribution is 0.661. The molecule has 170 valence electrons. The van der Waals surface area contributed by atoms with Crippen LogP contribution in [-0.2, 0) is 5.41 Å². The molecule has 0 saturated heterocycles. The zero-order chi connectivity index (χ0) is 24.2. The van der Waals surface area contributed by atoms with Gasteiger partial charge < -0.3 is 0 Å². The summed E-state index contributed by atoms with van der Waals surface area (Å²) in [5.74, 6) is 0. The first-order valence-corrected chi connectivity index (χ1v) is 12.6. The summed E-state index contributed by atoms with van der Waals surface area (Å²) in [6.07, 6.45) is 0. The number of hydrogen-bond acceptors (Lipinski definition) is 0. The first kappa shape index (κ1) is 24.5. The maximum absolute atomic E-state index is 2.36. The van der Waals surface area contributed by atoms with Crippen molar-refractivity contribution in [3.05, 3.63) is 96.1 Å². The van der Waals surface area contributed by atoms with Gasteiger partial charge in [0.2, 0.25) is 0 Å². The Morgan fingerprint density at radius 1 is 0.424 bits per heavy atom. The topological polar surface area (TPSA) is 0 Å². The van der Waals surface area contributed by atoms with Gasteiger partial charge in [-0.25, -0.2) is 0 Å². The van der Waals surface area contributed by atoms with Crippen molar-refractivity contribution < 1.29 is 0 Å². The molecule has 0 nitrogen and oxygen atoms in total. The average Bonchev–Trinajstić information content (AvgIpc) is 3.14. The van der Waals surface area contributed by atoms with Crippen molar-refractivity contribution >= 4 is 32.3 Å². The van der Waals surface area contributed by atoms with Crippen LogP contribution in [0.25, 0.3) is 43.4 Å². The maximum atomic E-state index is 2.36. The lowest BCUT2D eigenvalue weighted by Crippen LogP contribution is -2.14. The van der Waals surface area contributed by atoms with Crippen LogP contribution < -0.4 is 0 Å². The van der Waals surface area contributed by atoms with Crippen molar-refractivity contribution in [3.63, 3.8) is 0 Å². The van der Waals surface area contributed by atoms with Crippen LogP contribution in [0.5, 0.6) is 0 Å². The SMILES string of the molecule is CC.CC.CC.CC1(C)c2ccc3ccccc3c2-c2c1ccc1ccc3ccccc3c21. The molecule has 0 bridgehead atoms. The van der Waals surface area contributed by atoms with Gasteiger partial charge in [0.15, 0.2) is 0 Å². The fourth-order valence-electron chi connectivity index (χ4n) is 5.08. The second-order valence-corrected chi connectivity index (χ2v) is 8.21. The summed E-state index contributed by atoms with van der Waals surface area (Å²) in [7, 11) is 0. The normalized spacial score (nSPS) is 12.5. The van der Waals surface area contributed by atoms with Gasteiger partial charge in [-0.3, -0.25) is 0 Å². The summed E-state index contributed by atoms with van der Waals surface area (Å²) in [4.78, 5) is 0. The molecule has 1 aliphatic rings. The van der Waals surface area contributed by atoms with Gasteiger partial charge in [-0.2, -0.15) is 0 Å².